The maximum absolute atomic E-state index is 12.5. The number of benzene rings is 2. The fraction of sp³-hybridized carbons (Fsp3) is 0.250. The molecule has 0 aromatic heterocycles. The van der Waals surface area contributed by atoms with Crippen molar-refractivity contribution >= 4 is 31.2 Å². The van der Waals surface area contributed by atoms with Crippen LogP contribution >= 0.6 is 0 Å². The summed E-state index contributed by atoms with van der Waals surface area (Å²) in [5.41, 5.74) is -0.0424. The van der Waals surface area contributed by atoms with Gasteiger partial charge in [-0.1, -0.05) is 18.2 Å². The molecule has 29 heavy (non-hydrogen) atoms. The first-order chi connectivity index (χ1) is 13.3. The third-order valence-corrected chi connectivity index (χ3v) is 6.91. The summed E-state index contributed by atoms with van der Waals surface area (Å²) in [6.45, 7) is 2.78. The third kappa shape index (κ3) is 5.48. The normalized spacial score (nSPS) is 11.8. The van der Waals surface area contributed by atoms with Crippen LogP contribution in [0.4, 0.5) is 11.4 Å². The fourth-order valence-corrected chi connectivity index (χ4v) is 5.64. The van der Waals surface area contributed by atoms with Crippen molar-refractivity contribution in [2.24, 2.45) is 0 Å². The molecule has 156 valence electrons. The lowest BCUT2D eigenvalue weighted by Gasteiger charge is -2.13. The quantitative estimate of drug-likeness (QED) is 0.478. The van der Waals surface area contributed by atoms with Crippen LogP contribution in [0, 0.1) is 34.1 Å². The number of hydrogen-bond acceptors (Lipinski definition) is 8. The molecule has 0 spiro atoms. The maximum Gasteiger partial charge on any atom is 0.305 e. The van der Waals surface area contributed by atoms with Gasteiger partial charge in [0.25, 0.3) is 5.69 Å². The standard InChI is InChI=1S/C16H17N3O8S2/c1-11-7-14(8-12(2)16(11)28(24,25)10-18(20)21)17-29(26,27)9-13-5-3-4-6-15(13)19(22)23/h3-8,17H,9-10H2,1-2H3. The van der Waals surface area contributed by atoms with Crippen LogP contribution in [0.25, 0.3) is 0 Å². The summed E-state index contributed by atoms with van der Waals surface area (Å²) < 4.78 is 51.5. The molecule has 0 bridgehead atoms. The van der Waals surface area contributed by atoms with E-state index in [4.69, 9.17) is 0 Å². The minimum Gasteiger partial charge on any atom is -0.283 e. The second-order valence-corrected chi connectivity index (χ2v) is 9.88. The van der Waals surface area contributed by atoms with Crippen molar-refractivity contribution in [3.63, 3.8) is 0 Å². The van der Waals surface area contributed by atoms with E-state index >= 15 is 0 Å². The Morgan fingerprint density at radius 1 is 0.966 bits per heavy atom. The lowest BCUT2D eigenvalue weighted by atomic mass is 10.1. The third-order valence-electron chi connectivity index (χ3n) is 3.85. The van der Waals surface area contributed by atoms with Gasteiger partial charge in [-0.05, 0) is 37.1 Å². The van der Waals surface area contributed by atoms with Gasteiger partial charge in [-0.25, -0.2) is 16.8 Å². The summed E-state index contributed by atoms with van der Waals surface area (Å²) in [6, 6.07) is 7.86. The number of nitro groups is 2. The van der Waals surface area contributed by atoms with E-state index < -0.39 is 41.3 Å². The molecule has 2 rings (SSSR count). The Kier molecular flexibility index (Phi) is 6.23. The first kappa shape index (κ1) is 22.2. The first-order valence-electron chi connectivity index (χ1n) is 8.01. The average molecular weight is 443 g/mol. The molecule has 0 saturated carbocycles. The SMILES string of the molecule is Cc1cc(NS(=O)(=O)Cc2ccccc2[N+](=O)[O-])cc(C)c1S(=O)(=O)C[N+](=O)[O-]. The topological polar surface area (TPSA) is 167 Å². The Hall–Kier alpha value is -3.06. The number of sulfone groups is 1. The lowest BCUT2D eigenvalue weighted by molar-refractivity contribution is -0.458. The molecule has 11 nitrogen and oxygen atoms in total. The van der Waals surface area contributed by atoms with Gasteiger partial charge in [0.05, 0.1) is 9.82 Å². The molecule has 0 saturated heterocycles. The van der Waals surface area contributed by atoms with Gasteiger partial charge in [-0.15, -0.1) is 0 Å². The Morgan fingerprint density at radius 2 is 1.52 bits per heavy atom. The van der Waals surface area contributed by atoms with Gasteiger partial charge in [0.1, 0.15) is 5.75 Å². The Bertz CT molecular complexity index is 1170. The molecule has 0 unspecified atom stereocenters. The number of hydrogen-bond donors (Lipinski definition) is 1. The number of nitrogens with one attached hydrogen (secondary N) is 1. The highest BCUT2D eigenvalue weighted by Crippen LogP contribution is 2.27. The zero-order valence-corrected chi connectivity index (χ0v) is 17.0. The fourth-order valence-electron chi connectivity index (χ4n) is 2.93. The van der Waals surface area contributed by atoms with E-state index in [-0.39, 0.29) is 33.0 Å². The summed E-state index contributed by atoms with van der Waals surface area (Å²) in [7, 11) is -8.25. The van der Waals surface area contributed by atoms with Gasteiger partial charge < -0.3 is 0 Å². The minimum atomic E-state index is -4.20. The van der Waals surface area contributed by atoms with Crippen LogP contribution in [-0.4, -0.2) is 32.6 Å². The van der Waals surface area contributed by atoms with Crippen LogP contribution in [0.5, 0.6) is 0 Å². The summed E-state index contributed by atoms with van der Waals surface area (Å²) in [5.74, 6) is -1.94. The lowest BCUT2D eigenvalue weighted by Crippen LogP contribution is -2.18. The van der Waals surface area contributed by atoms with Gasteiger partial charge in [0.2, 0.25) is 19.9 Å². The number of rotatable bonds is 8. The zero-order valence-electron chi connectivity index (χ0n) is 15.4. The zero-order chi connectivity index (χ0) is 22.0. The van der Waals surface area contributed by atoms with E-state index in [9.17, 15) is 37.1 Å². The second kappa shape index (κ2) is 8.13. The van der Waals surface area contributed by atoms with Crippen LogP contribution in [0.1, 0.15) is 16.7 Å². The highest BCUT2D eigenvalue weighted by atomic mass is 32.2. The molecule has 2 aromatic carbocycles. The summed E-state index contributed by atoms with van der Waals surface area (Å²) in [5, 5.41) is 21.6. The molecule has 0 aliphatic heterocycles. The van der Waals surface area contributed by atoms with E-state index in [1.807, 2.05) is 0 Å². The number of anilines is 1. The molecule has 0 aliphatic carbocycles. The minimum absolute atomic E-state index is 0.0105. The van der Waals surface area contributed by atoms with Crippen LogP contribution in [-0.2, 0) is 25.6 Å². The van der Waals surface area contributed by atoms with Crippen LogP contribution in [0.15, 0.2) is 41.3 Å². The van der Waals surface area contributed by atoms with E-state index in [1.54, 1.807) is 0 Å². The van der Waals surface area contributed by atoms with E-state index in [0.717, 1.165) is 0 Å². The predicted molar refractivity (Wildman–Crippen MR) is 104 cm³/mol. The van der Waals surface area contributed by atoms with Gasteiger partial charge in [0.15, 0.2) is 0 Å². The molecular formula is C16H17N3O8S2. The van der Waals surface area contributed by atoms with Gasteiger partial charge in [-0.2, -0.15) is 0 Å². The molecule has 2 aromatic rings. The van der Waals surface area contributed by atoms with E-state index in [0.29, 0.717) is 0 Å². The smallest absolute Gasteiger partial charge is 0.283 e. The summed E-state index contributed by atoms with van der Waals surface area (Å²) in [6.07, 6.45) is 0. The number of sulfonamides is 1. The monoisotopic (exact) mass is 443 g/mol. The molecular weight excluding hydrogens is 426 g/mol. The van der Waals surface area contributed by atoms with Crippen LogP contribution < -0.4 is 4.72 Å². The predicted octanol–water partition coefficient (Wildman–Crippen LogP) is 2.16. The number of aryl methyl sites for hydroxylation is 2. The highest BCUT2D eigenvalue weighted by molar-refractivity contribution is 7.92. The van der Waals surface area contributed by atoms with Crippen molar-refractivity contribution in [3.8, 4) is 0 Å². The number of para-hydroxylation sites is 1. The summed E-state index contributed by atoms with van der Waals surface area (Å²) >= 11 is 0. The molecule has 1 N–H and O–H groups in total. The Morgan fingerprint density at radius 3 is 2.03 bits per heavy atom. The van der Waals surface area contributed by atoms with Crippen LogP contribution in [0.2, 0.25) is 0 Å². The molecule has 0 fully saturated rings. The summed E-state index contributed by atoms with van der Waals surface area (Å²) in [4.78, 5) is 19.8. The molecule has 0 radical (unpaired) electrons. The van der Waals surface area contributed by atoms with Gasteiger partial charge >= 0.3 is 5.88 Å². The van der Waals surface area contributed by atoms with Crippen LogP contribution in [0.3, 0.4) is 0 Å². The molecule has 0 amide bonds. The number of nitrogens with zero attached hydrogens (tertiary/aromatic N) is 2. The van der Waals surface area contributed by atoms with Gasteiger partial charge in [0, 0.05) is 22.2 Å². The highest BCUT2D eigenvalue weighted by Gasteiger charge is 2.26. The maximum atomic E-state index is 12.5. The van der Waals surface area contributed by atoms with Crippen molar-refractivity contribution < 1.29 is 26.7 Å². The van der Waals surface area contributed by atoms with E-state index in [2.05, 4.69) is 4.72 Å². The van der Waals surface area contributed by atoms with Gasteiger partial charge in [-0.3, -0.25) is 25.0 Å². The van der Waals surface area contributed by atoms with E-state index in [1.165, 1.54) is 50.2 Å². The van der Waals surface area contributed by atoms with Crippen molar-refractivity contribution in [2.75, 3.05) is 10.6 Å². The molecule has 13 heteroatoms. The first-order valence-corrected chi connectivity index (χ1v) is 11.3. The Labute approximate surface area is 166 Å². The van der Waals surface area contributed by atoms with Crippen molar-refractivity contribution in [1.82, 2.24) is 0 Å². The molecule has 0 aliphatic rings. The second-order valence-electron chi connectivity index (χ2n) is 6.26. The average Bonchev–Trinajstić information content (AvgIpc) is 2.51. The largest absolute Gasteiger partial charge is 0.305 e. The Balaban J connectivity index is 2.35. The van der Waals surface area contributed by atoms with Crippen molar-refractivity contribution in [2.45, 2.75) is 24.5 Å². The number of nitro benzene ring substituents is 1. The van der Waals surface area contributed by atoms with Crippen molar-refractivity contribution in [3.05, 3.63) is 73.3 Å². The molecule has 0 heterocycles. The van der Waals surface area contributed by atoms with Crippen molar-refractivity contribution in [1.29, 1.82) is 0 Å². The molecule has 0 atom stereocenters.